The van der Waals surface area contributed by atoms with Crippen LogP contribution in [0.5, 0.6) is 11.5 Å². The van der Waals surface area contributed by atoms with E-state index in [9.17, 15) is 5.11 Å². The number of hydrogen-bond acceptors (Lipinski definition) is 3. The Morgan fingerprint density at radius 3 is 2.80 bits per heavy atom. The molecule has 2 N–H and O–H groups in total. The highest BCUT2D eigenvalue weighted by Gasteiger charge is 2.05. The van der Waals surface area contributed by atoms with Crippen molar-refractivity contribution >= 4 is 0 Å². The number of likely N-dealkylation sites (N-methyl/N-ethyl adjacent to an activating group) is 1. The Kier molecular flexibility index (Phi) is 4.43. The van der Waals surface area contributed by atoms with Gasteiger partial charge < -0.3 is 15.2 Å². The fraction of sp³-hybridized carbons (Fsp3) is 0.500. The third-order valence-electron chi connectivity index (χ3n) is 2.34. The lowest BCUT2D eigenvalue weighted by Gasteiger charge is -2.13. The molecule has 0 radical (unpaired) electrons. The number of phenols is 1. The lowest BCUT2D eigenvalue weighted by atomic mass is 10.1. The highest BCUT2D eigenvalue weighted by Crippen LogP contribution is 2.26. The van der Waals surface area contributed by atoms with Gasteiger partial charge in [-0.25, -0.2) is 0 Å². The van der Waals surface area contributed by atoms with Gasteiger partial charge in [0.15, 0.2) is 11.5 Å². The van der Waals surface area contributed by atoms with Crippen LogP contribution in [0.15, 0.2) is 18.2 Å². The van der Waals surface area contributed by atoms with E-state index in [-0.39, 0.29) is 5.75 Å². The standard InChI is InChI=1S/C12H19NO2/c1-4-13-9(2)7-10-5-6-11(14)12(8-10)15-3/h5-6,8-9,13-14H,4,7H2,1-3H3/t9-/m1/s1. The average molecular weight is 209 g/mol. The lowest BCUT2D eigenvalue weighted by molar-refractivity contribution is 0.372. The molecule has 0 fully saturated rings. The molecule has 0 spiro atoms. The summed E-state index contributed by atoms with van der Waals surface area (Å²) in [5.74, 6) is 0.730. The summed E-state index contributed by atoms with van der Waals surface area (Å²) in [6.45, 7) is 5.20. The molecule has 3 heteroatoms. The average Bonchev–Trinajstić information content (AvgIpc) is 2.21. The molecule has 0 amide bonds. The first-order valence-electron chi connectivity index (χ1n) is 5.26. The maximum absolute atomic E-state index is 9.43. The van der Waals surface area contributed by atoms with Gasteiger partial charge in [0.05, 0.1) is 7.11 Å². The van der Waals surface area contributed by atoms with Crippen molar-refractivity contribution in [3.8, 4) is 11.5 Å². The summed E-state index contributed by atoms with van der Waals surface area (Å²) < 4.78 is 5.06. The predicted molar refractivity (Wildman–Crippen MR) is 61.5 cm³/mol. The number of phenolic OH excluding ortho intramolecular Hbond substituents is 1. The molecule has 0 heterocycles. The third kappa shape index (κ3) is 3.44. The van der Waals surface area contributed by atoms with Crippen LogP contribution in [-0.4, -0.2) is 24.8 Å². The molecule has 1 atom stereocenters. The quantitative estimate of drug-likeness (QED) is 0.778. The fourth-order valence-corrected chi connectivity index (χ4v) is 1.62. The van der Waals surface area contributed by atoms with E-state index in [0.29, 0.717) is 11.8 Å². The van der Waals surface area contributed by atoms with Gasteiger partial charge >= 0.3 is 0 Å². The van der Waals surface area contributed by atoms with Crippen LogP contribution in [0.3, 0.4) is 0 Å². The highest BCUT2D eigenvalue weighted by atomic mass is 16.5. The topological polar surface area (TPSA) is 41.5 Å². The highest BCUT2D eigenvalue weighted by molar-refractivity contribution is 5.41. The maximum Gasteiger partial charge on any atom is 0.160 e. The fourth-order valence-electron chi connectivity index (χ4n) is 1.62. The molecule has 0 aliphatic rings. The normalized spacial score (nSPS) is 12.5. The van der Waals surface area contributed by atoms with E-state index in [1.165, 1.54) is 0 Å². The van der Waals surface area contributed by atoms with E-state index in [2.05, 4.69) is 19.2 Å². The number of ether oxygens (including phenoxy) is 1. The van der Waals surface area contributed by atoms with Gasteiger partial charge in [-0.15, -0.1) is 0 Å². The van der Waals surface area contributed by atoms with Gasteiger partial charge in [-0.05, 0) is 37.6 Å². The second-order valence-corrected chi connectivity index (χ2v) is 3.67. The molecular formula is C12H19NO2. The van der Waals surface area contributed by atoms with E-state index < -0.39 is 0 Å². The van der Waals surface area contributed by atoms with Crippen LogP contribution in [-0.2, 0) is 6.42 Å². The maximum atomic E-state index is 9.43. The summed E-state index contributed by atoms with van der Waals surface area (Å²) in [5, 5.41) is 12.8. The Balaban J connectivity index is 2.69. The molecule has 0 aromatic heterocycles. The van der Waals surface area contributed by atoms with Gasteiger partial charge in [-0.1, -0.05) is 13.0 Å². The second kappa shape index (κ2) is 5.61. The zero-order valence-corrected chi connectivity index (χ0v) is 9.58. The number of rotatable bonds is 5. The van der Waals surface area contributed by atoms with Crippen molar-refractivity contribution in [2.45, 2.75) is 26.3 Å². The van der Waals surface area contributed by atoms with Crippen molar-refractivity contribution in [1.82, 2.24) is 5.32 Å². The molecule has 15 heavy (non-hydrogen) atoms. The van der Waals surface area contributed by atoms with Crippen LogP contribution in [0.2, 0.25) is 0 Å². The van der Waals surface area contributed by atoms with Gasteiger partial charge in [0.2, 0.25) is 0 Å². The molecule has 0 unspecified atom stereocenters. The minimum absolute atomic E-state index is 0.192. The second-order valence-electron chi connectivity index (χ2n) is 3.67. The first kappa shape index (κ1) is 11.9. The largest absolute Gasteiger partial charge is 0.504 e. The number of nitrogens with one attached hydrogen (secondary N) is 1. The number of methoxy groups -OCH3 is 1. The van der Waals surface area contributed by atoms with Crippen molar-refractivity contribution < 1.29 is 9.84 Å². The Morgan fingerprint density at radius 2 is 2.20 bits per heavy atom. The van der Waals surface area contributed by atoms with E-state index in [0.717, 1.165) is 18.5 Å². The molecule has 84 valence electrons. The van der Waals surface area contributed by atoms with Crippen LogP contribution in [0.4, 0.5) is 0 Å². The number of benzene rings is 1. The summed E-state index contributed by atoms with van der Waals surface area (Å²) in [7, 11) is 1.56. The van der Waals surface area contributed by atoms with Crippen LogP contribution in [0.25, 0.3) is 0 Å². The molecule has 0 bridgehead atoms. The molecule has 0 aliphatic carbocycles. The Bertz CT molecular complexity index is 312. The zero-order chi connectivity index (χ0) is 11.3. The van der Waals surface area contributed by atoms with E-state index in [1.807, 2.05) is 12.1 Å². The van der Waals surface area contributed by atoms with Crippen molar-refractivity contribution in [3.63, 3.8) is 0 Å². The van der Waals surface area contributed by atoms with E-state index >= 15 is 0 Å². The Morgan fingerprint density at radius 1 is 1.47 bits per heavy atom. The predicted octanol–water partition coefficient (Wildman–Crippen LogP) is 1.94. The first-order valence-corrected chi connectivity index (χ1v) is 5.26. The zero-order valence-electron chi connectivity index (χ0n) is 9.58. The molecule has 3 nitrogen and oxygen atoms in total. The van der Waals surface area contributed by atoms with Crippen LogP contribution >= 0.6 is 0 Å². The Hall–Kier alpha value is -1.22. The van der Waals surface area contributed by atoms with E-state index in [4.69, 9.17) is 4.74 Å². The molecule has 0 saturated carbocycles. The number of hydrogen-bond donors (Lipinski definition) is 2. The van der Waals surface area contributed by atoms with Crippen LogP contribution in [0, 0.1) is 0 Å². The minimum Gasteiger partial charge on any atom is -0.504 e. The summed E-state index contributed by atoms with van der Waals surface area (Å²) in [6.07, 6.45) is 0.935. The smallest absolute Gasteiger partial charge is 0.160 e. The summed E-state index contributed by atoms with van der Waals surface area (Å²) in [5.41, 5.74) is 1.16. The summed E-state index contributed by atoms with van der Waals surface area (Å²) in [6, 6.07) is 5.91. The van der Waals surface area contributed by atoms with Crippen molar-refractivity contribution in [2.24, 2.45) is 0 Å². The molecule has 1 aromatic carbocycles. The monoisotopic (exact) mass is 209 g/mol. The van der Waals surface area contributed by atoms with E-state index in [1.54, 1.807) is 13.2 Å². The van der Waals surface area contributed by atoms with Gasteiger partial charge in [-0.2, -0.15) is 0 Å². The Labute approximate surface area is 91.1 Å². The van der Waals surface area contributed by atoms with Crippen LogP contribution in [0.1, 0.15) is 19.4 Å². The first-order chi connectivity index (χ1) is 7.17. The lowest BCUT2D eigenvalue weighted by Crippen LogP contribution is -2.27. The number of aromatic hydroxyl groups is 1. The minimum atomic E-state index is 0.192. The summed E-state index contributed by atoms with van der Waals surface area (Å²) in [4.78, 5) is 0. The summed E-state index contributed by atoms with van der Waals surface area (Å²) >= 11 is 0. The molecule has 0 saturated heterocycles. The third-order valence-corrected chi connectivity index (χ3v) is 2.34. The van der Waals surface area contributed by atoms with Crippen LogP contribution < -0.4 is 10.1 Å². The van der Waals surface area contributed by atoms with Crippen molar-refractivity contribution in [2.75, 3.05) is 13.7 Å². The molecule has 1 rings (SSSR count). The van der Waals surface area contributed by atoms with Gasteiger partial charge in [0.1, 0.15) is 0 Å². The SMILES string of the molecule is CCN[C@H](C)Cc1ccc(O)c(OC)c1. The van der Waals surface area contributed by atoms with Gasteiger partial charge in [-0.3, -0.25) is 0 Å². The van der Waals surface area contributed by atoms with Crippen molar-refractivity contribution in [3.05, 3.63) is 23.8 Å². The molecule has 1 aromatic rings. The van der Waals surface area contributed by atoms with Gasteiger partial charge in [0.25, 0.3) is 0 Å². The van der Waals surface area contributed by atoms with Crippen molar-refractivity contribution in [1.29, 1.82) is 0 Å². The van der Waals surface area contributed by atoms with Gasteiger partial charge in [0, 0.05) is 6.04 Å². The molecular weight excluding hydrogens is 190 g/mol. The molecule has 0 aliphatic heterocycles.